The maximum Gasteiger partial charge on any atom is 0.119 e. The molecule has 0 atom stereocenters. The van der Waals surface area contributed by atoms with Gasteiger partial charge >= 0.3 is 0 Å². The van der Waals surface area contributed by atoms with E-state index in [-0.39, 0.29) is 0 Å². The van der Waals surface area contributed by atoms with E-state index in [1.807, 2.05) is 0 Å². The van der Waals surface area contributed by atoms with E-state index in [9.17, 15) is 0 Å². The maximum atomic E-state index is 5.84. The number of likely N-dealkylation sites (N-methyl/N-ethyl adjacent to an activating group) is 1. The van der Waals surface area contributed by atoms with E-state index in [4.69, 9.17) is 4.74 Å². The van der Waals surface area contributed by atoms with Gasteiger partial charge in [0.15, 0.2) is 0 Å². The van der Waals surface area contributed by atoms with Crippen molar-refractivity contribution in [2.75, 3.05) is 46.9 Å². The Hall–Kier alpha value is -1.06. The smallest absolute Gasteiger partial charge is 0.119 e. The average molecular weight is 290 g/mol. The van der Waals surface area contributed by atoms with Crippen molar-refractivity contribution in [3.63, 3.8) is 0 Å². The summed E-state index contributed by atoms with van der Waals surface area (Å²) in [6.45, 7) is 5.66. The monoisotopic (exact) mass is 290 g/mol. The molecule has 1 fully saturated rings. The van der Waals surface area contributed by atoms with Gasteiger partial charge in [-0.15, -0.1) is 0 Å². The molecule has 0 radical (unpaired) electrons. The lowest BCUT2D eigenvalue weighted by Gasteiger charge is -2.26. The number of piperidine rings is 1. The van der Waals surface area contributed by atoms with Crippen molar-refractivity contribution < 1.29 is 4.74 Å². The van der Waals surface area contributed by atoms with Gasteiger partial charge in [0, 0.05) is 13.1 Å². The zero-order valence-electron chi connectivity index (χ0n) is 13.7. The Bertz CT molecular complexity index is 383. The number of nitrogens with zero attached hydrogens (tertiary/aromatic N) is 2. The van der Waals surface area contributed by atoms with Crippen LogP contribution in [0.4, 0.5) is 0 Å². The van der Waals surface area contributed by atoms with Gasteiger partial charge < -0.3 is 14.5 Å². The summed E-state index contributed by atoms with van der Waals surface area (Å²) >= 11 is 0. The predicted molar refractivity (Wildman–Crippen MR) is 89.1 cm³/mol. The first-order valence-electron chi connectivity index (χ1n) is 8.33. The lowest BCUT2D eigenvalue weighted by molar-refractivity contribution is 0.205. The number of hydrogen-bond donors (Lipinski definition) is 0. The molecule has 0 spiro atoms. The molecule has 0 unspecified atom stereocenters. The number of hydrogen-bond acceptors (Lipinski definition) is 3. The zero-order valence-corrected chi connectivity index (χ0v) is 13.7. The highest BCUT2D eigenvalue weighted by Crippen LogP contribution is 2.13. The molecule has 1 aromatic rings. The van der Waals surface area contributed by atoms with Crippen molar-refractivity contribution in [2.45, 2.75) is 32.1 Å². The molecule has 2 rings (SSSR count). The fourth-order valence-corrected chi connectivity index (χ4v) is 2.77. The Balaban J connectivity index is 1.61. The first-order valence-corrected chi connectivity index (χ1v) is 8.33. The van der Waals surface area contributed by atoms with Crippen molar-refractivity contribution in [2.24, 2.45) is 0 Å². The standard InChI is InChI=1S/C18H30N2O/c1-19(2)15-11-17-7-9-18(10-8-17)21-16-6-14-20-12-4-3-5-13-20/h7-10H,3-6,11-16H2,1-2H3. The summed E-state index contributed by atoms with van der Waals surface area (Å²) in [6.07, 6.45) is 6.38. The first kappa shape index (κ1) is 16.3. The minimum atomic E-state index is 0.827. The molecule has 3 nitrogen and oxygen atoms in total. The molecule has 1 saturated heterocycles. The molecule has 1 aliphatic heterocycles. The van der Waals surface area contributed by atoms with E-state index in [1.54, 1.807) is 0 Å². The normalized spacial score (nSPS) is 16.3. The SMILES string of the molecule is CN(C)CCc1ccc(OCCCN2CCCCC2)cc1. The molecular weight excluding hydrogens is 260 g/mol. The van der Waals surface area contributed by atoms with E-state index in [2.05, 4.69) is 48.2 Å². The second kappa shape index (κ2) is 9.06. The molecule has 0 amide bonds. The summed E-state index contributed by atoms with van der Waals surface area (Å²) in [6, 6.07) is 8.57. The van der Waals surface area contributed by atoms with Gasteiger partial charge in [0.05, 0.1) is 6.61 Å². The predicted octanol–water partition coefficient (Wildman–Crippen LogP) is 3.05. The van der Waals surface area contributed by atoms with Gasteiger partial charge in [0.2, 0.25) is 0 Å². The van der Waals surface area contributed by atoms with Gasteiger partial charge in [-0.3, -0.25) is 0 Å². The summed E-state index contributed by atoms with van der Waals surface area (Å²) in [4.78, 5) is 4.78. The number of likely N-dealkylation sites (tertiary alicyclic amines) is 1. The number of benzene rings is 1. The third kappa shape index (κ3) is 6.49. The minimum absolute atomic E-state index is 0.827. The molecule has 0 N–H and O–H groups in total. The molecule has 0 bridgehead atoms. The third-order valence-electron chi connectivity index (χ3n) is 4.11. The van der Waals surface area contributed by atoms with Gasteiger partial charge in [-0.2, -0.15) is 0 Å². The molecule has 0 aliphatic carbocycles. The minimum Gasteiger partial charge on any atom is -0.494 e. The van der Waals surface area contributed by atoms with Crippen LogP contribution in [-0.2, 0) is 6.42 Å². The van der Waals surface area contributed by atoms with E-state index >= 15 is 0 Å². The second-order valence-electron chi connectivity index (χ2n) is 6.30. The average Bonchev–Trinajstić information content (AvgIpc) is 2.52. The van der Waals surface area contributed by atoms with E-state index < -0.39 is 0 Å². The fourth-order valence-electron chi connectivity index (χ4n) is 2.77. The molecule has 1 heterocycles. The van der Waals surface area contributed by atoms with Crippen molar-refractivity contribution in [3.8, 4) is 5.75 Å². The van der Waals surface area contributed by atoms with Crippen molar-refractivity contribution in [3.05, 3.63) is 29.8 Å². The molecule has 1 aliphatic rings. The molecule has 3 heteroatoms. The van der Waals surface area contributed by atoms with Crippen LogP contribution in [0.2, 0.25) is 0 Å². The van der Waals surface area contributed by atoms with Gasteiger partial charge in [-0.05, 0) is 70.6 Å². The van der Waals surface area contributed by atoms with Gasteiger partial charge in [0.25, 0.3) is 0 Å². The van der Waals surface area contributed by atoms with Crippen LogP contribution in [0.25, 0.3) is 0 Å². The third-order valence-corrected chi connectivity index (χ3v) is 4.11. The van der Waals surface area contributed by atoms with Crippen LogP contribution >= 0.6 is 0 Å². The van der Waals surface area contributed by atoms with Gasteiger partial charge in [0.1, 0.15) is 5.75 Å². The van der Waals surface area contributed by atoms with Crippen LogP contribution in [0.15, 0.2) is 24.3 Å². The maximum absolute atomic E-state index is 5.84. The van der Waals surface area contributed by atoms with Crippen LogP contribution in [0.5, 0.6) is 5.75 Å². The van der Waals surface area contributed by atoms with E-state index in [1.165, 1.54) is 44.5 Å². The second-order valence-corrected chi connectivity index (χ2v) is 6.30. The van der Waals surface area contributed by atoms with Crippen LogP contribution in [0.3, 0.4) is 0 Å². The Morgan fingerprint density at radius 2 is 1.76 bits per heavy atom. The molecule has 0 saturated carbocycles. The molecule has 1 aromatic carbocycles. The summed E-state index contributed by atoms with van der Waals surface area (Å²) in [5.41, 5.74) is 1.38. The summed E-state index contributed by atoms with van der Waals surface area (Å²) in [5, 5.41) is 0. The fraction of sp³-hybridized carbons (Fsp3) is 0.667. The van der Waals surface area contributed by atoms with E-state index in [0.29, 0.717) is 0 Å². The van der Waals surface area contributed by atoms with E-state index in [0.717, 1.165) is 31.7 Å². The first-order chi connectivity index (χ1) is 10.2. The number of ether oxygens (including phenoxy) is 1. The Morgan fingerprint density at radius 3 is 2.43 bits per heavy atom. The number of rotatable bonds is 8. The van der Waals surface area contributed by atoms with Gasteiger partial charge in [-0.25, -0.2) is 0 Å². The molecule has 118 valence electrons. The lowest BCUT2D eigenvalue weighted by Crippen LogP contribution is -2.31. The Morgan fingerprint density at radius 1 is 1.05 bits per heavy atom. The molecular formula is C18H30N2O. The quantitative estimate of drug-likeness (QED) is 0.684. The molecule has 21 heavy (non-hydrogen) atoms. The largest absolute Gasteiger partial charge is 0.494 e. The van der Waals surface area contributed by atoms with Crippen molar-refractivity contribution in [1.82, 2.24) is 9.80 Å². The van der Waals surface area contributed by atoms with Gasteiger partial charge in [-0.1, -0.05) is 18.6 Å². The van der Waals surface area contributed by atoms with Crippen LogP contribution < -0.4 is 4.74 Å². The van der Waals surface area contributed by atoms with Crippen LogP contribution in [0.1, 0.15) is 31.2 Å². The van der Waals surface area contributed by atoms with Crippen LogP contribution in [-0.4, -0.2) is 56.7 Å². The zero-order chi connectivity index (χ0) is 14.9. The summed E-state index contributed by atoms with van der Waals surface area (Å²) in [5.74, 6) is 1.00. The van der Waals surface area contributed by atoms with Crippen molar-refractivity contribution in [1.29, 1.82) is 0 Å². The Labute approximate surface area is 129 Å². The Kier molecular flexibility index (Phi) is 7.04. The topological polar surface area (TPSA) is 15.7 Å². The highest BCUT2D eigenvalue weighted by Gasteiger charge is 2.08. The summed E-state index contributed by atoms with van der Waals surface area (Å²) in [7, 11) is 4.22. The highest BCUT2D eigenvalue weighted by molar-refractivity contribution is 5.27. The summed E-state index contributed by atoms with van der Waals surface area (Å²) < 4.78 is 5.84. The highest BCUT2D eigenvalue weighted by atomic mass is 16.5. The lowest BCUT2D eigenvalue weighted by atomic mass is 10.1. The van der Waals surface area contributed by atoms with Crippen molar-refractivity contribution >= 4 is 0 Å². The van der Waals surface area contributed by atoms with Crippen LogP contribution in [0, 0.1) is 0 Å². The molecule has 0 aromatic heterocycles.